The van der Waals surface area contributed by atoms with Gasteiger partial charge in [0, 0.05) is 25.6 Å². The third-order valence-corrected chi connectivity index (χ3v) is 4.01. The van der Waals surface area contributed by atoms with E-state index in [1.807, 2.05) is 6.07 Å². The molecule has 0 aromatic heterocycles. The molecule has 1 aromatic carbocycles. The van der Waals surface area contributed by atoms with Crippen LogP contribution in [0.25, 0.3) is 0 Å². The third kappa shape index (κ3) is 2.11. The van der Waals surface area contributed by atoms with Gasteiger partial charge in [-0.1, -0.05) is 12.1 Å². The molecule has 0 spiro atoms. The second-order valence-electron chi connectivity index (χ2n) is 5.34. The lowest BCUT2D eigenvalue weighted by Gasteiger charge is -2.24. The standard InChI is InChI=1S/C14H19NO3/c16-13-3-1-2-10-11(13)4-5-12(10)15-8-14(17)6-7-18-9-14/h1-3,12,15-17H,4-9H2. The van der Waals surface area contributed by atoms with Gasteiger partial charge in [-0.15, -0.1) is 0 Å². The van der Waals surface area contributed by atoms with E-state index in [4.69, 9.17) is 4.74 Å². The molecule has 0 bridgehead atoms. The van der Waals surface area contributed by atoms with Crippen molar-refractivity contribution in [3.8, 4) is 5.75 Å². The molecule has 2 unspecified atom stereocenters. The van der Waals surface area contributed by atoms with Gasteiger partial charge in [-0.2, -0.15) is 0 Å². The molecule has 98 valence electrons. The minimum Gasteiger partial charge on any atom is -0.508 e. The van der Waals surface area contributed by atoms with Crippen LogP contribution in [0.5, 0.6) is 5.75 Å². The lowest BCUT2D eigenvalue weighted by atomic mass is 10.0. The van der Waals surface area contributed by atoms with E-state index in [0.717, 1.165) is 24.0 Å². The highest BCUT2D eigenvalue weighted by atomic mass is 16.5. The average molecular weight is 249 g/mol. The molecule has 2 atom stereocenters. The number of ether oxygens (including phenoxy) is 1. The monoisotopic (exact) mass is 249 g/mol. The molecule has 0 radical (unpaired) electrons. The molecule has 1 aliphatic heterocycles. The highest BCUT2D eigenvalue weighted by molar-refractivity contribution is 5.44. The maximum atomic E-state index is 10.2. The van der Waals surface area contributed by atoms with E-state index in [1.165, 1.54) is 0 Å². The molecule has 3 rings (SSSR count). The van der Waals surface area contributed by atoms with E-state index in [2.05, 4.69) is 11.4 Å². The van der Waals surface area contributed by atoms with E-state index < -0.39 is 5.60 Å². The van der Waals surface area contributed by atoms with Crippen LogP contribution in [-0.4, -0.2) is 35.6 Å². The van der Waals surface area contributed by atoms with E-state index in [9.17, 15) is 10.2 Å². The Morgan fingerprint density at radius 3 is 3.11 bits per heavy atom. The quantitative estimate of drug-likeness (QED) is 0.751. The Balaban J connectivity index is 1.68. The van der Waals surface area contributed by atoms with Gasteiger partial charge in [0.1, 0.15) is 11.4 Å². The second kappa shape index (κ2) is 4.53. The van der Waals surface area contributed by atoms with Gasteiger partial charge in [0.15, 0.2) is 0 Å². The number of hydrogen-bond acceptors (Lipinski definition) is 4. The number of fused-ring (bicyclic) bond motifs is 1. The van der Waals surface area contributed by atoms with Crippen LogP contribution < -0.4 is 5.32 Å². The number of benzene rings is 1. The molecule has 0 amide bonds. The second-order valence-corrected chi connectivity index (χ2v) is 5.34. The predicted molar refractivity (Wildman–Crippen MR) is 67.6 cm³/mol. The van der Waals surface area contributed by atoms with Crippen molar-refractivity contribution in [2.75, 3.05) is 19.8 Å². The summed E-state index contributed by atoms with van der Waals surface area (Å²) in [5, 5.41) is 23.4. The summed E-state index contributed by atoms with van der Waals surface area (Å²) in [6.07, 6.45) is 2.57. The molecule has 0 saturated carbocycles. The summed E-state index contributed by atoms with van der Waals surface area (Å²) in [7, 11) is 0. The van der Waals surface area contributed by atoms with Crippen molar-refractivity contribution in [2.24, 2.45) is 0 Å². The van der Waals surface area contributed by atoms with Gasteiger partial charge in [-0.25, -0.2) is 0 Å². The number of phenols is 1. The number of rotatable bonds is 3. The molecule has 1 heterocycles. The van der Waals surface area contributed by atoms with Gasteiger partial charge in [0.05, 0.1) is 6.61 Å². The largest absolute Gasteiger partial charge is 0.508 e. The Kier molecular flexibility index (Phi) is 3.01. The molecular weight excluding hydrogens is 230 g/mol. The first-order valence-electron chi connectivity index (χ1n) is 6.52. The van der Waals surface area contributed by atoms with Crippen LogP contribution in [0, 0.1) is 0 Å². The Labute approximate surface area is 107 Å². The van der Waals surface area contributed by atoms with Crippen LogP contribution in [0.4, 0.5) is 0 Å². The van der Waals surface area contributed by atoms with Crippen LogP contribution in [0.3, 0.4) is 0 Å². The summed E-state index contributed by atoms with van der Waals surface area (Å²) >= 11 is 0. The molecule has 18 heavy (non-hydrogen) atoms. The topological polar surface area (TPSA) is 61.7 Å². The number of aromatic hydroxyl groups is 1. The van der Waals surface area contributed by atoms with Crippen molar-refractivity contribution in [3.63, 3.8) is 0 Å². The zero-order chi connectivity index (χ0) is 12.6. The summed E-state index contributed by atoms with van der Waals surface area (Å²) in [4.78, 5) is 0. The van der Waals surface area contributed by atoms with Gasteiger partial charge in [0.2, 0.25) is 0 Å². The van der Waals surface area contributed by atoms with Crippen molar-refractivity contribution >= 4 is 0 Å². The zero-order valence-corrected chi connectivity index (χ0v) is 10.4. The van der Waals surface area contributed by atoms with Gasteiger partial charge in [-0.05, 0) is 30.0 Å². The van der Waals surface area contributed by atoms with Crippen LogP contribution in [-0.2, 0) is 11.2 Å². The fourth-order valence-electron chi connectivity index (χ4n) is 2.90. The Morgan fingerprint density at radius 2 is 2.33 bits per heavy atom. The molecule has 2 aliphatic rings. The van der Waals surface area contributed by atoms with Crippen LogP contribution in [0.1, 0.15) is 30.0 Å². The highest BCUT2D eigenvalue weighted by Crippen LogP contribution is 2.36. The van der Waals surface area contributed by atoms with Crippen LogP contribution in [0.15, 0.2) is 18.2 Å². The lowest BCUT2D eigenvalue weighted by molar-refractivity contribution is 0.0248. The first-order chi connectivity index (χ1) is 8.68. The number of hydrogen-bond donors (Lipinski definition) is 3. The minimum absolute atomic E-state index is 0.233. The fourth-order valence-corrected chi connectivity index (χ4v) is 2.90. The Morgan fingerprint density at radius 1 is 1.44 bits per heavy atom. The third-order valence-electron chi connectivity index (χ3n) is 4.01. The Bertz CT molecular complexity index is 441. The number of phenolic OH excluding ortho intramolecular Hbond substituents is 1. The zero-order valence-electron chi connectivity index (χ0n) is 10.4. The van der Waals surface area contributed by atoms with Crippen molar-refractivity contribution in [1.82, 2.24) is 5.32 Å². The molecule has 4 heteroatoms. The van der Waals surface area contributed by atoms with E-state index in [-0.39, 0.29) is 6.04 Å². The normalized spacial score (nSPS) is 30.6. The fraction of sp³-hybridized carbons (Fsp3) is 0.571. The van der Waals surface area contributed by atoms with Gasteiger partial charge in [-0.3, -0.25) is 0 Å². The first-order valence-corrected chi connectivity index (χ1v) is 6.52. The summed E-state index contributed by atoms with van der Waals surface area (Å²) in [5.41, 5.74) is 1.49. The molecule has 1 aromatic rings. The SMILES string of the molecule is Oc1cccc2c1CCC2NCC1(O)CCOC1. The summed E-state index contributed by atoms with van der Waals surface area (Å²) in [5.74, 6) is 0.389. The molecule has 1 fully saturated rings. The van der Waals surface area contributed by atoms with Crippen molar-refractivity contribution in [1.29, 1.82) is 0 Å². The number of aliphatic hydroxyl groups is 1. The smallest absolute Gasteiger partial charge is 0.119 e. The van der Waals surface area contributed by atoms with Crippen LogP contribution in [0.2, 0.25) is 0 Å². The minimum atomic E-state index is -0.723. The molecule has 1 saturated heterocycles. The van der Waals surface area contributed by atoms with Crippen LogP contribution >= 0.6 is 0 Å². The van der Waals surface area contributed by atoms with Gasteiger partial charge >= 0.3 is 0 Å². The molecular formula is C14H19NO3. The van der Waals surface area contributed by atoms with E-state index in [1.54, 1.807) is 6.07 Å². The van der Waals surface area contributed by atoms with Gasteiger partial charge in [0.25, 0.3) is 0 Å². The van der Waals surface area contributed by atoms with Crippen molar-refractivity contribution in [2.45, 2.75) is 30.9 Å². The summed E-state index contributed by atoms with van der Waals surface area (Å²) in [6, 6.07) is 5.90. The van der Waals surface area contributed by atoms with Gasteiger partial charge < -0.3 is 20.3 Å². The van der Waals surface area contributed by atoms with Crippen molar-refractivity contribution < 1.29 is 14.9 Å². The maximum Gasteiger partial charge on any atom is 0.119 e. The predicted octanol–water partition coefficient (Wildman–Crippen LogP) is 1.12. The Hall–Kier alpha value is -1.10. The van der Waals surface area contributed by atoms with Crippen molar-refractivity contribution in [3.05, 3.63) is 29.3 Å². The summed E-state index contributed by atoms with van der Waals surface area (Å²) < 4.78 is 5.23. The molecule has 4 nitrogen and oxygen atoms in total. The average Bonchev–Trinajstić information content (AvgIpc) is 2.95. The highest BCUT2D eigenvalue weighted by Gasteiger charge is 2.34. The van der Waals surface area contributed by atoms with E-state index >= 15 is 0 Å². The summed E-state index contributed by atoms with van der Waals surface area (Å²) in [6.45, 7) is 1.60. The first kappa shape index (κ1) is 12.0. The maximum absolute atomic E-state index is 10.2. The number of nitrogens with one attached hydrogen (secondary N) is 1. The molecule has 3 N–H and O–H groups in total. The lowest BCUT2D eigenvalue weighted by Crippen LogP contribution is -2.42. The van der Waals surface area contributed by atoms with E-state index in [0.29, 0.717) is 31.9 Å². The molecule has 1 aliphatic carbocycles.